The molecule has 7 heteroatoms. The van der Waals surface area contributed by atoms with Gasteiger partial charge in [-0.1, -0.05) is 30.3 Å². The highest BCUT2D eigenvalue weighted by atomic mass is 32.2. The zero-order valence-electron chi connectivity index (χ0n) is 12.4. The van der Waals surface area contributed by atoms with Gasteiger partial charge in [0.1, 0.15) is 17.6 Å². The summed E-state index contributed by atoms with van der Waals surface area (Å²) in [6.07, 6.45) is 0. The summed E-state index contributed by atoms with van der Waals surface area (Å²) in [4.78, 5) is 22.6. The Morgan fingerprint density at radius 2 is 1.91 bits per heavy atom. The molecule has 0 saturated carbocycles. The molecule has 1 aromatic heterocycles. The van der Waals surface area contributed by atoms with Gasteiger partial charge in [-0.25, -0.2) is 4.79 Å². The first-order valence-electron chi connectivity index (χ1n) is 6.87. The van der Waals surface area contributed by atoms with Crippen LogP contribution in [0.1, 0.15) is 28.8 Å². The van der Waals surface area contributed by atoms with Crippen molar-refractivity contribution in [3.8, 4) is 0 Å². The van der Waals surface area contributed by atoms with E-state index in [-0.39, 0.29) is 23.9 Å². The van der Waals surface area contributed by atoms with Crippen molar-refractivity contribution >= 4 is 22.7 Å². The number of carbonyl (C=O) groups is 2. The van der Waals surface area contributed by atoms with Crippen LogP contribution in [0, 0.1) is 0 Å². The molecule has 0 spiro atoms. The van der Waals surface area contributed by atoms with E-state index < -0.39 is 28.0 Å². The molecular formula is C16H16O6S. The van der Waals surface area contributed by atoms with Gasteiger partial charge in [-0.2, -0.15) is 0 Å². The summed E-state index contributed by atoms with van der Waals surface area (Å²) in [7, 11) is -1.56. The van der Waals surface area contributed by atoms with Gasteiger partial charge in [0.25, 0.3) is 0 Å². The Kier molecular flexibility index (Phi) is 5.70. The first-order chi connectivity index (χ1) is 11.0. The Hall–Kier alpha value is -2.41. The molecule has 1 heterocycles. The number of rotatable bonds is 7. The zero-order chi connectivity index (χ0) is 16.8. The molecule has 0 aliphatic carbocycles. The summed E-state index contributed by atoms with van der Waals surface area (Å²) in [5, 5.41) is 7.93. The number of aromatic carboxylic acids is 1. The van der Waals surface area contributed by atoms with Gasteiger partial charge in [-0.3, -0.25) is 9.00 Å². The average molecular weight is 336 g/mol. The van der Waals surface area contributed by atoms with Gasteiger partial charge in [-0.15, -0.1) is 0 Å². The summed E-state index contributed by atoms with van der Waals surface area (Å²) in [5.41, 5.74) is 0.843. The maximum Gasteiger partial charge on any atom is 0.371 e. The molecule has 1 aromatic carbocycles. The Balaban J connectivity index is 1.88. The average Bonchev–Trinajstić information content (AvgIpc) is 3.01. The molecule has 0 amide bonds. The molecule has 2 atom stereocenters. The lowest BCUT2D eigenvalue weighted by molar-refractivity contribution is -0.144. The van der Waals surface area contributed by atoms with Crippen LogP contribution in [-0.2, 0) is 32.7 Å². The summed E-state index contributed by atoms with van der Waals surface area (Å²) in [5.74, 6) is -1.79. The standard InChI is InChI=1S/C16H16O6S/c1-11(16(19)21-9-12-5-3-2-4-6-12)23(20)10-13-7-8-14(22-13)15(17)18/h2-8,11H,9-10H2,1H3,(H,17,18). The highest BCUT2D eigenvalue weighted by Crippen LogP contribution is 2.13. The number of furan rings is 1. The van der Waals surface area contributed by atoms with Crippen LogP contribution < -0.4 is 0 Å². The smallest absolute Gasteiger partial charge is 0.371 e. The fraction of sp³-hybridized carbons (Fsp3) is 0.250. The SMILES string of the molecule is CC(C(=O)OCc1ccccc1)S(=O)Cc1ccc(C(=O)O)o1. The van der Waals surface area contributed by atoms with Crippen molar-refractivity contribution < 1.29 is 28.1 Å². The van der Waals surface area contributed by atoms with Crippen molar-refractivity contribution in [1.82, 2.24) is 0 Å². The molecule has 2 rings (SSSR count). The number of esters is 1. The van der Waals surface area contributed by atoms with Crippen molar-refractivity contribution in [2.24, 2.45) is 0 Å². The fourth-order valence-corrected chi connectivity index (χ4v) is 2.76. The zero-order valence-corrected chi connectivity index (χ0v) is 13.2. The van der Waals surface area contributed by atoms with Crippen molar-refractivity contribution in [1.29, 1.82) is 0 Å². The Labute approximate surface area is 135 Å². The molecule has 0 saturated heterocycles. The number of carbonyl (C=O) groups excluding carboxylic acids is 1. The quantitative estimate of drug-likeness (QED) is 0.780. The van der Waals surface area contributed by atoms with Crippen LogP contribution in [0.4, 0.5) is 0 Å². The van der Waals surface area contributed by atoms with E-state index in [1.807, 2.05) is 30.3 Å². The third-order valence-electron chi connectivity index (χ3n) is 3.11. The summed E-state index contributed by atoms with van der Waals surface area (Å²) >= 11 is 0. The van der Waals surface area contributed by atoms with Gasteiger partial charge in [0.15, 0.2) is 0 Å². The molecule has 6 nitrogen and oxygen atoms in total. The minimum atomic E-state index is -1.56. The van der Waals surface area contributed by atoms with Gasteiger partial charge < -0.3 is 14.3 Å². The third kappa shape index (κ3) is 4.79. The number of ether oxygens (including phenoxy) is 1. The van der Waals surface area contributed by atoms with E-state index in [0.29, 0.717) is 0 Å². The second-order valence-corrected chi connectivity index (χ2v) is 6.59. The minimum absolute atomic E-state index is 0.0467. The third-order valence-corrected chi connectivity index (χ3v) is 4.66. The summed E-state index contributed by atoms with van der Waals surface area (Å²) < 4.78 is 22.3. The number of hydrogen-bond acceptors (Lipinski definition) is 5. The second-order valence-electron chi connectivity index (χ2n) is 4.83. The molecule has 0 aliphatic rings. The molecule has 0 fully saturated rings. The van der Waals surface area contributed by atoms with Crippen molar-refractivity contribution in [3.63, 3.8) is 0 Å². The number of benzene rings is 1. The molecule has 122 valence electrons. The molecule has 0 radical (unpaired) electrons. The van der Waals surface area contributed by atoms with Crippen LogP contribution in [0.3, 0.4) is 0 Å². The van der Waals surface area contributed by atoms with Crippen molar-refractivity contribution in [2.45, 2.75) is 24.5 Å². The highest BCUT2D eigenvalue weighted by molar-refractivity contribution is 7.85. The number of carboxylic acid groups (broad SMARTS) is 1. The predicted octanol–water partition coefficient (Wildman–Crippen LogP) is 2.36. The van der Waals surface area contributed by atoms with Gasteiger partial charge >= 0.3 is 11.9 Å². The van der Waals surface area contributed by atoms with Crippen LogP contribution in [0.5, 0.6) is 0 Å². The van der Waals surface area contributed by atoms with E-state index in [0.717, 1.165) is 5.56 Å². The van der Waals surface area contributed by atoms with Gasteiger partial charge in [0.05, 0.1) is 5.75 Å². The lowest BCUT2D eigenvalue weighted by atomic mass is 10.2. The van der Waals surface area contributed by atoms with E-state index >= 15 is 0 Å². The van der Waals surface area contributed by atoms with Crippen molar-refractivity contribution in [3.05, 3.63) is 59.5 Å². The van der Waals surface area contributed by atoms with E-state index in [9.17, 15) is 13.8 Å². The first-order valence-corrected chi connectivity index (χ1v) is 8.25. The van der Waals surface area contributed by atoms with Crippen LogP contribution in [0.2, 0.25) is 0 Å². The van der Waals surface area contributed by atoms with Crippen LogP contribution in [-0.4, -0.2) is 26.5 Å². The maximum atomic E-state index is 12.1. The highest BCUT2D eigenvalue weighted by Gasteiger charge is 2.23. The topological polar surface area (TPSA) is 93.8 Å². The van der Waals surface area contributed by atoms with Crippen LogP contribution >= 0.6 is 0 Å². The number of hydrogen-bond donors (Lipinski definition) is 1. The largest absolute Gasteiger partial charge is 0.475 e. The molecular weight excluding hydrogens is 320 g/mol. The van der Waals surface area contributed by atoms with Gasteiger partial charge in [-0.05, 0) is 24.6 Å². The molecule has 2 aromatic rings. The summed E-state index contributed by atoms with van der Waals surface area (Å²) in [6, 6.07) is 11.9. The van der Waals surface area contributed by atoms with Crippen molar-refractivity contribution in [2.75, 3.05) is 0 Å². The molecule has 0 aliphatic heterocycles. The number of carboxylic acids is 1. The molecule has 2 unspecified atom stereocenters. The molecule has 23 heavy (non-hydrogen) atoms. The predicted molar refractivity (Wildman–Crippen MR) is 83.2 cm³/mol. The monoisotopic (exact) mass is 336 g/mol. The van der Waals surface area contributed by atoms with E-state index in [2.05, 4.69) is 0 Å². The maximum absolute atomic E-state index is 12.1. The molecule has 1 N–H and O–H groups in total. The Bertz CT molecular complexity index is 706. The Morgan fingerprint density at radius 1 is 1.22 bits per heavy atom. The van der Waals surface area contributed by atoms with Gasteiger partial charge in [0, 0.05) is 10.8 Å². The second kappa shape index (κ2) is 7.73. The van der Waals surface area contributed by atoms with E-state index in [4.69, 9.17) is 14.3 Å². The Morgan fingerprint density at radius 3 is 2.52 bits per heavy atom. The van der Waals surface area contributed by atoms with Crippen LogP contribution in [0.15, 0.2) is 46.9 Å². The lowest BCUT2D eigenvalue weighted by Gasteiger charge is -2.10. The van der Waals surface area contributed by atoms with Crippen LogP contribution in [0.25, 0.3) is 0 Å². The van der Waals surface area contributed by atoms with Gasteiger partial charge in [0.2, 0.25) is 5.76 Å². The lowest BCUT2D eigenvalue weighted by Crippen LogP contribution is -2.25. The van der Waals surface area contributed by atoms with E-state index in [1.54, 1.807) is 0 Å². The molecule has 0 bridgehead atoms. The first kappa shape index (κ1) is 17.0. The fourth-order valence-electron chi connectivity index (χ4n) is 1.79. The minimum Gasteiger partial charge on any atom is -0.475 e. The van der Waals surface area contributed by atoms with E-state index in [1.165, 1.54) is 19.1 Å². The normalized spacial score (nSPS) is 13.3. The summed E-state index contributed by atoms with van der Waals surface area (Å²) in [6.45, 7) is 1.62.